The van der Waals surface area contributed by atoms with E-state index in [1.807, 2.05) is 50.5 Å². The molecule has 0 saturated heterocycles. The van der Waals surface area contributed by atoms with Crippen LogP contribution in [0, 0.1) is 6.92 Å². The summed E-state index contributed by atoms with van der Waals surface area (Å²) in [7, 11) is 3.62. The summed E-state index contributed by atoms with van der Waals surface area (Å²) in [5.41, 5.74) is 3.25. The van der Waals surface area contributed by atoms with E-state index in [1.54, 1.807) is 18.2 Å². The molecule has 6 nitrogen and oxygen atoms in total. The van der Waals surface area contributed by atoms with Gasteiger partial charge in [-0.05, 0) is 36.8 Å². The van der Waals surface area contributed by atoms with Crippen molar-refractivity contribution in [3.8, 4) is 5.75 Å². The van der Waals surface area contributed by atoms with Crippen molar-refractivity contribution in [3.05, 3.63) is 53.9 Å². The van der Waals surface area contributed by atoms with Crippen molar-refractivity contribution in [2.75, 3.05) is 37.0 Å². The number of carbonyl (C=O) groups is 1. The summed E-state index contributed by atoms with van der Waals surface area (Å²) in [5.74, 6) is 1.52. The third kappa shape index (κ3) is 2.73. The molecule has 1 aliphatic heterocycles. The van der Waals surface area contributed by atoms with Crippen LogP contribution >= 0.6 is 0 Å². The first-order valence-corrected chi connectivity index (χ1v) is 8.50. The minimum absolute atomic E-state index is 0.0584. The van der Waals surface area contributed by atoms with Crippen molar-refractivity contribution < 1.29 is 9.53 Å². The fourth-order valence-corrected chi connectivity index (χ4v) is 3.23. The van der Waals surface area contributed by atoms with Crippen molar-refractivity contribution in [1.29, 1.82) is 0 Å². The standard InChI is InChI=1S/C20H20N4O2/c1-13-8-18-19(22-11-13)23(2)6-7-24(18)20(25)15-9-14-4-5-16(26-3)10-17(14)21-12-15/h4-5,8-12H,6-7H2,1-3H3. The summed E-state index contributed by atoms with van der Waals surface area (Å²) < 4.78 is 5.23. The van der Waals surface area contributed by atoms with E-state index in [1.165, 1.54) is 0 Å². The van der Waals surface area contributed by atoms with Crippen LogP contribution in [0.25, 0.3) is 10.9 Å². The van der Waals surface area contributed by atoms with Crippen LogP contribution in [-0.4, -0.2) is 43.1 Å². The Hall–Kier alpha value is -3.15. The quantitative estimate of drug-likeness (QED) is 0.712. The van der Waals surface area contributed by atoms with Crippen LogP contribution in [0.5, 0.6) is 5.75 Å². The first kappa shape index (κ1) is 16.3. The Kier molecular flexibility index (Phi) is 3.95. The van der Waals surface area contributed by atoms with Crippen molar-refractivity contribution in [3.63, 3.8) is 0 Å². The van der Waals surface area contributed by atoms with E-state index in [0.29, 0.717) is 12.1 Å². The van der Waals surface area contributed by atoms with Crippen LogP contribution in [0.15, 0.2) is 42.7 Å². The molecule has 0 N–H and O–H groups in total. The highest BCUT2D eigenvalue weighted by atomic mass is 16.5. The fraction of sp³-hybridized carbons (Fsp3) is 0.250. The van der Waals surface area contributed by atoms with Crippen molar-refractivity contribution in [2.45, 2.75) is 6.92 Å². The Bertz CT molecular complexity index is 1000. The number of benzene rings is 1. The monoisotopic (exact) mass is 348 g/mol. The summed E-state index contributed by atoms with van der Waals surface area (Å²) in [5, 5.41) is 0.911. The molecule has 1 aliphatic rings. The van der Waals surface area contributed by atoms with E-state index in [-0.39, 0.29) is 5.91 Å². The summed E-state index contributed by atoms with van der Waals surface area (Å²) in [6.07, 6.45) is 3.46. The zero-order valence-corrected chi connectivity index (χ0v) is 15.1. The van der Waals surface area contributed by atoms with Crippen molar-refractivity contribution >= 4 is 28.3 Å². The van der Waals surface area contributed by atoms with Crippen molar-refractivity contribution in [2.24, 2.45) is 0 Å². The van der Waals surface area contributed by atoms with Gasteiger partial charge >= 0.3 is 0 Å². The van der Waals surface area contributed by atoms with Crippen LogP contribution in [-0.2, 0) is 0 Å². The Morgan fingerprint density at radius 3 is 2.77 bits per heavy atom. The van der Waals surface area contributed by atoms with Gasteiger partial charge in [0.25, 0.3) is 5.91 Å². The SMILES string of the molecule is COc1ccc2cc(C(=O)N3CCN(C)c4ncc(C)cc43)cnc2c1. The summed E-state index contributed by atoms with van der Waals surface area (Å²) in [6.45, 7) is 3.34. The molecule has 132 valence electrons. The molecule has 0 unspecified atom stereocenters. The predicted octanol–water partition coefficient (Wildman–Crippen LogP) is 3.04. The van der Waals surface area contributed by atoms with Gasteiger partial charge < -0.3 is 14.5 Å². The number of carbonyl (C=O) groups excluding carboxylic acids is 1. The fourth-order valence-electron chi connectivity index (χ4n) is 3.23. The number of ether oxygens (including phenoxy) is 1. The number of aromatic nitrogens is 2. The summed E-state index contributed by atoms with van der Waals surface area (Å²) in [6, 6.07) is 9.54. The van der Waals surface area contributed by atoms with Crippen LogP contribution in [0.4, 0.5) is 11.5 Å². The second-order valence-corrected chi connectivity index (χ2v) is 6.52. The number of nitrogens with zero attached hydrogens (tertiary/aromatic N) is 4. The molecule has 26 heavy (non-hydrogen) atoms. The van der Waals surface area contributed by atoms with Gasteiger partial charge in [-0.2, -0.15) is 0 Å². The molecule has 1 amide bonds. The average Bonchev–Trinajstić information content (AvgIpc) is 2.66. The highest BCUT2D eigenvalue weighted by molar-refractivity contribution is 6.09. The largest absolute Gasteiger partial charge is 0.497 e. The molecule has 6 heteroatoms. The van der Waals surface area contributed by atoms with E-state index in [9.17, 15) is 4.79 Å². The molecule has 3 aromatic rings. The van der Waals surface area contributed by atoms with Gasteiger partial charge in [0.1, 0.15) is 5.75 Å². The first-order valence-electron chi connectivity index (χ1n) is 8.50. The molecule has 0 spiro atoms. The number of methoxy groups -OCH3 is 1. The molecule has 0 bridgehead atoms. The van der Waals surface area contributed by atoms with Crippen LogP contribution in [0.1, 0.15) is 15.9 Å². The molecule has 0 radical (unpaired) electrons. The zero-order chi connectivity index (χ0) is 18.3. The topological polar surface area (TPSA) is 58.6 Å². The molecular formula is C20H20N4O2. The number of rotatable bonds is 2. The molecule has 0 atom stereocenters. The molecular weight excluding hydrogens is 328 g/mol. The number of anilines is 2. The maximum atomic E-state index is 13.2. The smallest absolute Gasteiger partial charge is 0.260 e. The minimum atomic E-state index is -0.0584. The maximum absolute atomic E-state index is 13.2. The average molecular weight is 348 g/mol. The van der Waals surface area contributed by atoms with Gasteiger partial charge in [0.2, 0.25) is 0 Å². The highest BCUT2D eigenvalue weighted by Crippen LogP contribution is 2.32. The molecule has 3 heterocycles. The molecule has 2 aromatic heterocycles. The van der Waals surface area contributed by atoms with Crippen LogP contribution in [0.2, 0.25) is 0 Å². The normalized spacial score (nSPS) is 13.7. The van der Waals surface area contributed by atoms with E-state index < -0.39 is 0 Å². The second-order valence-electron chi connectivity index (χ2n) is 6.52. The number of amides is 1. The van der Waals surface area contributed by atoms with Crippen LogP contribution in [0.3, 0.4) is 0 Å². The number of hydrogen-bond acceptors (Lipinski definition) is 5. The minimum Gasteiger partial charge on any atom is -0.497 e. The highest BCUT2D eigenvalue weighted by Gasteiger charge is 2.27. The summed E-state index contributed by atoms with van der Waals surface area (Å²) in [4.78, 5) is 26.0. The number of fused-ring (bicyclic) bond motifs is 2. The van der Waals surface area contributed by atoms with E-state index >= 15 is 0 Å². The van der Waals surface area contributed by atoms with Gasteiger partial charge in [0.05, 0.1) is 23.9 Å². The van der Waals surface area contributed by atoms with Gasteiger partial charge in [-0.1, -0.05) is 0 Å². The number of pyridine rings is 2. The Morgan fingerprint density at radius 2 is 1.96 bits per heavy atom. The van der Waals surface area contributed by atoms with E-state index in [0.717, 1.165) is 40.3 Å². The lowest BCUT2D eigenvalue weighted by Crippen LogP contribution is -2.43. The van der Waals surface area contributed by atoms with Crippen molar-refractivity contribution in [1.82, 2.24) is 9.97 Å². The second kappa shape index (κ2) is 6.29. The third-order valence-corrected chi connectivity index (χ3v) is 4.68. The molecule has 0 aliphatic carbocycles. The number of aryl methyl sites for hydroxylation is 1. The first-order chi connectivity index (χ1) is 12.6. The lowest BCUT2D eigenvalue weighted by Gasteiger charge is -2.34. The van der Waals surface area contributed by atoms with Gasteiger partial charge in [-0.25, -0.2) is 4.98 Å². The van der Waals surface area contributed by atoms with Gasteiger partial charge in [-0.15, -0.1) is 0 Å². The number of hydrogen-bond donors (Lipinski definition) is 0. The third-order valence-electron chi connectivity index (χ3n) is 4.68. The molecule has 0 fully saturated rings. The molecule has 4 rings (SSSR count). The van der Waals surface area contributed by atoms with Gasteiger partial charge in [0.15, 0.2) is 5.82 Å². The zero-order valence-electron chi connectivity index (χ0n) is 15.1. The van der Waals surface area contributed by atoms with Crippen LogP contribution < -0.4 is 14.5 Å². The Labute approximate surface area is 152 Å². The molecule has 1 aromatic carbocycles. The van der Waals surface area contributed by atoms with E-state index in [4.69, 9.17) is 4.74 Å². The van der Waals surface area contributed by atoms with Gasteiger partial charge in [0, 0.05) is 44.0 Å². The Morgan fingerprint density at radius 1 is 1.12 bits per heavy atom. The Balaban J connectivity index is 1.73. The summed E-state index contributed by atoms with van der Waals surface area (Å²) >= 11 is 0. The number of likely N-dealkylation sites (N-methyl/N-ethyl adjacent to an activating group) is 1. The lowest BCUT2D eigenvalue weighted by atomic mass is 10.1. The molecule has 0 saturated carbocycles. The van der Waals surface area contributed by atoms with E-state index in [2.05, 4.69) is 14.9 Å². The predicted molar refractivity (Wildman–Crippen MR) is 102 cm³/mol. The lowest BCUT2D eigenvalue weighted by molar-refractivity contribution is 0.0986. The van der Waals surface area contributed by atoms with Gasteiger partial charge in [-0.3, -0.25) is 9.78 Å². The maximum Gasteiger partial charge on any atom is 0.260 e.